The zero-order valence-corrected chi connectivity index (χ0v) is 14.2. The van der Waals surface area contributed by atoms with Crippen LogP contribution in [0.25, 0.3) is 0 Å². The van der Waals surface area contributed by atoms with Crippen LogP contribution >= 0.6 is 0 Å². The molecule has 0 bridgehead atoms. The Kier molecular flexibility index (Phi) is 4.50. The van der Waals surface area contributed by atoms with Crippen LogP contribution in [0.1, 0.15) is 36.2 Å². The van der Waals surface area contributed by atoms with E-state index in [1.54, 1.807) is 0 Å². The summed E-state index contributed by atoms with van der Waals surface area (Å²) in [5.41, 5.74) is 3.27. The van der Waals surface area contributed by atoms with Crippen molar-refractivity contribution in [1.82, 2.24) is 24.5 Å². The second kappa shape index (κ2) is 6.56. The first-order valence-corrected chi connectivity index (χ1v) is 8.32. The van der Waals surface area contributed by atoms with Gasteiger partial charge in [0.05, 0.1) is 24.5 Å². The van der Waals surface area contributed by atoms with Crippen molar-refractivity contribution in [2.45, 2.75) is 59.2 Å². The topological polar surface area (TPSA) is 56.0 Å². The van der Waals surface area contributed by atoms with E-state index in [0.29, 0.717) is 13.0 Å². The van der Waals surface area contributed by atoms with Gasteiger partial charge in [-0.25, -0.2) is 0 Å². The molecule has 0 aliphatic carbocycles. The summed E-state index contributed by atoms with van der Waals surface area (Å²) in [4.78, 5) is 14.6. The average Bonchev–Trinajstić information content (AvgIpc) is 3.19. The lowest BCUT2D eigenvalue weighted by Gasteiger charge is -2.25. The number of aryl methyl sites for hydroxylation is 4. The smallest absolute Gasteiger partial charge is 0.224 e. The maximum Gasteiger partial charge on any atom is 0.224 e. The standard InChI is InChI=1S/C17H25N5O/c1-13-10-18-20(11-13)12-16-5-4-7-21(16)17(23)6-8-22-15(3)9-14(2)19-22/h9-11,16H,4-8,12H2,1-3H3/t16-/m0/s1. The summed E-state index contributed by atoms with van der Waals surface area (Å²) in [5, 5.41) is 8.78. The van der Waals surface area contributed by atoms with Crippen molar-refractivity contribution in [3.63, 3.8) is 0 Å². The van der Waals surface area contributed by atoms with E-state index in [4.69, 9.17) is 0 Å². The highest BCUT2D eigenvalue weighted by Crippen LogP contribution is 2.20. The van der Waals surface area contributed by atoms with Crippen LogP contribution in [0.5, 0.6) is 0 Å². The third kappa shape index (κ3) is 3.63. The highest BCUT2D eigenvalue weighted by atomic mass is 16.2. The number of hydrogen-bond acceptors (Lipinski definition) is 3. The number of carbonyl (C=O) groups excluding carboxylic acids is 1. The zero-order valence-electron chi connectivity index (χ0n) is 14.2. The molecule has 124 valence electrons. The molecule has 2 aromatic rings. The van der Waals surface area contributed by atoms with E-state index < -0.39 is 0 Å². The fraction of sp³-hybridized carbons (Fsp3) is 0.588. The Morgan fingerprint density at radius 3 is 2.83 bits per heavy atom. The summed E-state index contributed by atoms with van der Waals surface area (Å²) in [7, 11) is 0. The maximum atomic E-state index is 12.6. The molecule has 0 N–H and O–H groups in total. The predicted octanol–water partition coefficient (Wildman–Crippen LogP) is 2.09. The van der Waals surface area contributed by atoms with Crippen molar-refractivity contribution in [2.75, 3.05) is 6.54 Å². The Labute approximate surface area is 137 Å². The summed E-state index contributed by atoms with van der Waals surface area (Å²) < 4.78 is 3.88. The summed E-state index contributed by atoms with van der Waals surface area (Å²) in [5.74, 6) is 0.226. The van der Waals surface area contributed by atoms with E-state index >= 15 is 0 Å². The van der Waals surface area contributed by atoms with Gasteiger partial charge in [0.1, 0.15) is 0 Å². The van der Waals surface area contributed by atoms with Gasteiger partial charge in [0.2, 0.25) is 5.91 Å². The molecule has 0 aromatic carbocycles. The minimum Gasteiger partial charge on any atom is -0.338 e. The van der Waals surface area contributed by atoms with Crippen LogP contribution in [0.15, 0.2) is 18.5 Å². The molecule has 3 heterocycles. The highest BCUT2D eigenvalue weighted by Gasteiger charge is 2.28. The summed E-state index contributed by atoms with van der Waals surface area (Å²) in [6, 6.07) is 2.31. The monoisotopic (exact) mass is 315 g/mol. The van der Waals surface area contributed by atoms with Gasteiger partial charge in [0, 0.05) is 31.4 Å². The molecule has 0 unspecified atom stereocenters. The normalized spacial score (nSPS) is 17.9. The Morgan fingerprint density at radius 2 is 2.17 bits per heavy atom. The van der Waals surface area contributed by atoms with Gasteiger partial charge >= 0.3 is 0 Å². The van der Waals surface area contributed by atoms with Crippen LogP contribution in [0.4, 0.5) is 0 Å². The molecule has 23 heavy (non-hydrogen) atoms. The fourth-order valence-corrected chi connectivity index (χ4v) is 3.38. The molecule has 0 saturated carbocycles. The van der Waals surface area contributed by atoms with Gasteiger partial charge in [-0.3, -0.25) is 14.2 Å². The van der Waals surface area contributed by atoms with Crippen molar-refractivity contribution in [3.05, 3.63) is 35.4 Å². The molecule has 1 aliphatic rings. The van der Waals surface area contributed by atoms with Gasteiger partial charge in [0.25, 0.3) is 0 Å². The van der Waals surface area contributed by atoms with Crippen LogP contribution in [0.3, 0.4) is 0 Å². The molecule has 1 atom stereocenters. The quantitative estimate of drug-likeness (QED) is 0.849. The van der Waals surface area contributed by atoms with E-state index in [1.165, 1.54) is 0 Å². The van der Waals surface area contributed by atoms with Crippen molar-refractivity contribution in [1.29, 1.82) is 0 Å². The first kappa shape index (κ1) is 15.8. The second-order valence-electron chi connectivity index (χ2n) is 6.52. The number of nitrogens with zero attached hydrogens (tertiary/aromatic N) is 5. The Hall–Kier alpha value is -2.11. The van der Waals surface area contributed by atoms with Gasteiger partial charge in [-0.2, -0.15) is 10.2 Å². The van der Waals surface area contributed by atoms with Gasteiger partial charge in [0.15, 0.2) is 0 Å². The minimum absolute atomic E-state index is 0.226. The van der Waals surface area contributed by atoms with Crippen LogP contribution in [-0.4, -0.2) is 43.0 Å². The van der Waals surface area contributed by atoms with E-state index in [2.05, 4.69) is 10.2 Å². The van der Waals surface area contributed by atoms with Crippen molar-refractivity contribution in [3.8, 4) is 0 Å². The van der Waals surface area contributed by atoms with Crippen LogP contribution < -0.4 is 0 Å². The molecule has 3 rings (SSSR count). The molecule has 1 saturated heterocycles. The third-order valence-corrected chi connectivity index (χ3v) is 4.50. The molecule has 1 aliphatic heterocycles. The van der Waals surface area contributed by atoms with E-state index in [9.17, 15) is 4.79 Å². The number of amides is 1. The number of hydrogen-bond donors (Lipinski definition) is 0. The van der Waals surface area contributed by atoms with Crippen molar-refractivity contribution < 1.29 is 4.79 Å². The Morgan fingerprint density at radius 1 is 1.35 bits per heavy atom. The SMILES string of the molecule is Cc1cnn(C[C@@H]2CCCN2C(=O)CCn2nc(C)cc2C)c1. The average molecular weight is 315 g/mol. The second-order valence-corrected chi connectivity index (χ2v) is 6.52. The van der Waals surface area contributed by atoms with E-state index in [1.807, 2.05) is 53.5 Å². The summed E-state index contributed by atoms with van der Waals surface area (Å²) in [6.07, 6.45) is 6.55. The van der Waals surface area contributed by atoms with Crippen LogP contribution in [-0.2, 0) is 17.9 Å². The number of carbonyl (C=O) groups is 1. The van der Waals surface area contributed by atoms with Gasteiger partial charge in [-0.05, 0) is 45.2 Å². The molecule has 1 fully saturated rings. The summed E-state index contributed by atoms with van der Waals surface area (Å²) >= 11 is 0. The predicted molar refractivity (Wildman–Crippen MR) is 88.0 cm³/mol. The van der Waals surface area contributed by atoms with Gasteiger partial charge in [-0.15, -0.1) is 0 Å². The molecule has 0 radical (unpaired) electrons. The summed E-state index contributed by atoms with van der Waals surface area (Å²) in [6.45, 7) is 8.36. The van der Waals surface area contributed by atoms with Crippen LogP contribution in [0, 0.1) is 20.8 Å². The number of aromatic nitrogens is 4. The van der Waals surface area contributed by atoms with Crippen molar-refractivity contribution >= 4 is 5.91 Å². The first-order chi connectivity index (χ1) is 11.0. The lowest BCUT2D eigenvalue weighted by molar-refractivity contribution is -0.132. The Bertz CT molecular complexity index is 687. The molecule has 6 nitrogen and oxygen atoms in total. The zero-order chi connectivity index (χ0) is 16.4. The minimum atomic E-state index is 0.226. The molecule has 0 spiro atoms. The first-order valence-electron chi connectivity index (χ1n) is 8.32. The fourth-order valence-electron chi connectivity index (χ4n) is 3.38. The van der Waals surface area contributed by atoms with Gasteiger partial charge in [-0.1, -0.05) is 0 Å². The molecular weight excluding hydrogens is 290 g/mol. The lowest BCUT2D eigenvalue weighted by Crippen LogP contribution is -2.38. The molecule has 2 aromatic heterocycles. The van der Waals surface area contributed by atoms with E-state index in [-0.39, 0.29) is 11.9 Å². The lowest BCUT2D eigenvalue weighted by atomic mass is 10.2. The number of likely N-dealkylation sites (tertiary alicyclic amines) is 1. The largest absolute Gasteiger partial charge is 0.338 e. The molecular formula is C17H25N5O. The van der Waals surface area contributed by atoms with E-state index in [0.717, 1.165) is 42.9 Å². The maximum absolute atomic E-state index is 12.6. The van der Waals surface area contributed by atoms with Crippen LogP contribution in [0.2, 0.25) is 0 Å². The van der Waals surface area contributed by atoms with Gasteiger partial charge < -0.3 is 4.90 Å². The molecule has 6 heteroatoms. The third-order valence-electron chi connectivity index (χ3n) is 4.50. The molecule has 1 amide bonds. The highest BCUT2D eigenvalue weighted by molar-refractivity contribution is 5.76. The number of rotatable bonds is 5. The Balaban J connectivity index is 1.58. The van der Waals surface area contributed by atoms with Crippen molar-refractivity contribution in [2.24, 2.45) is 0 Å².